The van der Waals surface area contributed by atoms with E-state index < -0.39 is 16.0 Å². The molecule has 3 aromatic rings. The van der Waals surface area contributed by atoms with Gasteiger partial charge in [-0.15, -0.1) is 5.10 Å². The molecule has 0 aliphatic rings. The van der Waals surface area contributed by atoms with Crippen LogP contribution in [0.25, 0.3) is 5.69 Å². The lowest BCUT2D eigenvalue weighted by molar-refractivity contribution is 0.0690. The van der Waals surface area contributed by atoms with Gasteiger partial charge in [-0.05, 0) is 41.3 Å². The zero-order valence-corrected chi connectivity index (χ0v) is 17.5. The van der Waals surface area contributed by atoms with Crippen LogP contribution in [0.2, 0.25) is 5.02 Å². The Labute approximate surface area is 173 Å². The maximum atomic E-state index is 12.9. The molecule has 0 fully saturated rings. The standard InChI is InChI=1S/C19H19ClN4O4S/c1-19(2,3)12-4-7-14(8-5-12)29(27,28)22-15-9-6-13(20)10-17(15)24-11-16(18(25)26)21-23-24/h4-11,22H,1-3H3,(H,25,26). The van der Waals surface area contributed by atoms with E-state index in [1.807, 2.05) is 20.8 Å². The maximum Gasteiger partial charge on any atom is 0.358 e. The Hall–Kier alpha value is -2.91. The van der Waals surface area contributed by atoms with Gasteiger partial charge in [0.15, 0.2) is 5.69 Å². The second kappa shape index (κ2) is 7.49. The monoisotopic (exact) mass is 434 g/mol. The number of rotatable bonds is 5. The van der Waals surface area contributed by atoms with Crippen LogP contribution >= 0.6 is 11.6 Å². The topological polar surface area (TPSA) is 114 Å². The number of hydrogen-bond donors (Lipinski definition) is 2. The molecule has 0 aliphatic heterocycles. The van der Waals surface area contributed by atoms with Crippen LogP contribution in [-0.4, -0.2) is 34.5 Å². The molecule has 152 valence electrons. The zero-order chi connectivity index (χ0) is 21.4. The number of sulfonamides is 1. The van der Waals surface area contributed by atoms with Crippen molar-refractivity contribution in [1.29, 1.82) is 0 Å². The van der Waals surface area contributed by atoms with Crippen molar-refractivity contribution < 1.29 is 18.3 Å². The van der Waals surface area contributed by atoms with Crippen LogP contribution in [0.3, 0.4) is 0 Å². The first kappa shape index (κ1) is 20.8. The number of hydrogen-bond acceptors (Lipinski definition) is 5. The second-order valence-electron chi connectivity index (χ2n) is 7.39. The minimum atomic E-state index is -3.90. The van der Waals surface area contributed by atoms with Crippen LogP contribution in [0.1, 0.15) is 36.8 Å². The average molecular weight is 435 g/mol. The molecule has 2 N–H and O–H groups in total. The van der Waals surface area contributed by atoms with Crippen LogP contribution in [0.5, 0.6) is 0 Å². The third-order valence-electron chi connectivity index (χ3n) is 4.19. The summed E-state index contributed by atoms with van der Waals surface area (Å²) >= 11 is 6.03. The molecule has 8 nitrogen and oxygen atoms in total. The molecule has 29 heavy (non-hydrogen) atoms. The highest BCUT2D eigenvalue weighted by molar-refractivity contribution is 7.92. The van der Waals surface area contributed by atoms with Gasteiger partial charge in [0.05, 0.1) is 22.5 Å². The number of nitrogens with one attached hydrogen (secondary N) is 1. The number of carbonyl (C=O) groups is 1. The highest BCUT2D eigenvalue weighted by Crippen LogP contribution is 2.28. The highest BCUT2D eigenvalue weighted by atomic mass is 35.5. The molecule has 0 atom stereocenters. The molecular weight excluding hydrogens is 416 g/mol. The molecule has 0 radical (unpaired) electrons. The van der Waals surface area contributed by atoms with Gasteiger partial charge in [0.2, 0.25) is 0 Å². The fourth-order valence-electron chi connectivity index (χ4n) is 2.60. The van der Waals surface area contributed by atoms with Crippen LogP contribution in [0.4, 0.5) is 5.69 Å². The number of carboxylic acids is 1. The lowest BCUT2D eigenvalue weighted by atomic mass is 9.87. The Morgan fingerprint density at radius 1 is 1.14 bits per heavy atom. The third-order valence-corrected chi connectivity index (χ3v) is 5.81. The van der Waals surface area contributed by atoms with Crippen LogP contribution < -0.4 is 4.72 Å². The van der Waals surface area contributed by atoms with Crippen molar-refractivity contribution in [1.82, 2.24) is 15.0 Å². The Kier molecular flexibility index (Phi) is 5.38. The van der Waals surface area contributed by atoms with Crippen molar-refractivity contribution in [3.8, 4) is 5.69 Å². The number of anilines is 1. The van der Waals surface area contributed by atoms with E-state index in [1.165, 1.54) is 36.5 Å². The molecule has 0 saturated heterocycles. The van der Waals surface area contributed by atoms with Gasteiger partial charge < -0.3 is 5.11 Å². The van der Waals surface area contributed by atoms with Gasteiger partial charge in [0, 0.05) is 5.02 Å². The first-order chi connectivity index (χ1) is 13.5. The molecule has 1 heterocycles. The van der Waals surface area contributed by atoms with Crippen LogP contribution in [-0.2, 0) is 15.4 Å². The summed E-state index contributed by atoms with van der Waals surface area (Å²) < 4.78 is 29.4. The molecular formula is C19H19ClN4O4S. The molecule has 3 rings (SSSR count). The van der Waals surface area contributed by atoms with E-state index in [1.54, 1.807) is 12.1 Å². The lowest BCUT2D eigenvalue weighted by Crippen LogP contribution is -2.16. The number of aromatic nitrogens is 3. The largest absolute Gasteiger partial charge is 0.476 e. The SMILES string of the molecule is CC(C)(C)c1ccc(S(=O)(=O)Nc2ccc(Cl)cc2-n2cc(C(=O)O)nn2)cc1. The van der Waals surface area contributed by atoms with E-state index in [2.05, 4.69) is 15.0 Å². The summed E-state index contributed by atoms with van der Waals surface area (Å²) in [7, 11) is -3.90. The summed E-state index contributed by atoms with van der Waals surface area (Å²) in [6.45, 7) is 6.12. The fraction of sp³-hybridized carbons (Fsp3) is 0.211. The van der Waals surface area contributed by atoms with E-state index in [9.17, 15) is 13.2 Å². The van der Waals surface area contributed by atoms with Gasteiger partial charge >= 0.3 is 5.97 Å². The normalized spacial score (nSPS) is 12.0. The first-order valence-corrected chi connectivity index (χ1v) is 10.4. The summed E-state index contributed by atoms with van der Waals surface area (Å²) in [4.78, 5) is 11.1. The number of benzene rings is 2. The van der Waals surface area contributed by atoms with Gasteiger partial charge in [-0.2, -0.15) is 0 Å². The maximum absolute atomic E-state index is 12.9. The Morgan fingerprint density at radius 3 is 2.34 bits per heavy atom. The summed E-state index contributed by atoms with van der Waals surface area (Å²) in [5, 5.41) is 16.6. The summed E-state index contributed by atoms with van der Waals surface area (Å²) in [6.07, 6.45) is 1.17. The highest BCUT2D eigenvalue weighted by Gasteiger charge is 2.20. The Balaban J connectivity index is 1.98. The molecule has 0 spiro atoms. The van der Waals surface area contributed by atoms with E-state index in [0.29, 0.717) is 5.02 Å². The second-order valence-corrected chi connectivity index (χ2v) is 9.51. The van der Waals surface area contributed by atoms with E-state index in [-0.39, 0.29) is 27.4 Å². The van der Waals surface area contributed by atoms with Crippen LogP contribution in [0, 0.1) is 0 Å². The van der Waals surface area contributed by atoms with Crippen molar-refractivity contribution >= 4 is 33.3 Å². The predicted molar refractivity (Wildman–Crippen MR) is 109 cm³/mol. The lowest BCUT2D eigenvalue weighted by Gasteiger charge is -2.19. The average Bonchev–Trinajstić information content (AvgIpc) is 3.13. The Bertz CT molecular complexity index is 1170. The minimum Gasteiger partial charge on any atom is -0.476 e. The number of carboxylic acid groups (broad SMARTS) is 1. The van der Waals surface area contributed by atoms with Gasteiger partial charge in [0.25, 0.3) is 10.0 Å². The molecule has 0 saturated carbocycles. The van der Waals surface area contributed by atoms with Crippen LogP contribution in [0.15, 0.2) is 53.6 Å². The molecule has 10 heteroatoms. The fourth-order valence-corrected chi connectivity index (χ4v) is 3.84. The summed E-state index contributed by atoms with van der Waals surface area (Å²) in [6, 6.07) is 11.1. The minimum absolute atomic E-state index is 0.0937. The van der Waals surface area contributed by atoms with Gasteiger partial charge in [-0.1, -0.05) is 49.7 Å². The number of aromatic carboxylic acids is 1. The smallest absolute Gasteiger partial charge is 0.358 e. The van der Waals surface area contributed by atoms with Crippen molar-refractivity contribution in [2.75, 3.05) is 4.72 Å². The van der Waals surface area contributed by atoms with Crippen molar-refractivity contribution in [3.63, 3.8) is 0 Å². The number of halogens is 1. The van der Waals surface area contributed by atoms with Crippen molar-refractivity contribution in [2.24, 2.45) is 0 Å². The Morgan fingerprint density at radius 2 is 1.79 bits per heavy atom. The van der Waals surface area contributed by atoms with Gasteiger partial charge in [-0.25, -0.2) is 17.9 Å². The quantitative estimate of drug-likeness (QED) is 0.632. The van der Waals surface area contributed by atoms with Gasteiger partial charge in [0.1, 0.15) is 0 Å². The molecule has 2 aromatic carbocycles. The molecule has 0 bridgehead atoms. The number of nitrogens with zero attached hydrogens (tertiary/aromatic N) is 3. The van der Waals surface area contributed by atoms with Crippen molar-refractivity contribution in [2.45, 2.75) is 31.1 Å². The van der Waals surface area contributed by atoms with E-state index in [0.717, 1.165) is 10.2 Å². The first-order valence-electron chi connectivity index (χ1n) is 8.56. The summed E-state index contributed by atoms with van der Waals surface area (Å²) in [5.41, 5.74) is 1.04. The third kappa shape index (κ3) is 4.57. The van der Waals surface area contributed by atoms with Crippen molar-refractivity contribution in [3.05, 3.63) is 64.9 Å². The molecule has 0 unspecified atom stereocenters. The van der Waals surface area contributed by atoms with E-state index >= 15 is 0 Å². The molecule has 0 aliphatic carbocycles. The van der Waals surface area contributed by atoms with E-state index in [4.69, 9.17) is 16.7 Å². The summed E-state index contributed by atoms with van der Waals surface area (Å²) in [5.74, 6) is -1.25. The predicted octanol–water partition coefficient (Wildman–Crippen LogP) is 3.72. The molecule has 0 amide bonds. The molecule has 1 aromatic heterocycles. The zero-order valence-electron chi connectivity index (χ0n) is 15.9. The van der Waals surface area contributed by atoms with Gasteiger partial charge in [-0.3, -0.25) is 4.72 Å².